The van der Waals surface area contributed by atoms with Crippen LogP contribution in [0, 0.1) is 5.92 Å². The lowest BCUT2D eigenvalue weighted by atomic mass is 9.83. The van der Waals surface area contributed by atoms with Gasteiger partial charge in [-0.05, 0) is 18.4 Å². The van der Waals surface area contributed by atoms with Crippen molar-refractivity contribution >= 4 is 0 Å². The number of rotatable bonds is 7. The van der Waals surface area contributed by atoms with Crippen LogP contribution in [0.4, 0.5) is 0 Å². The Balaban J connectivity index is 1.74. The van der Waals surface area contributed by atoms with E-state index in [0.29, 0.717) is 12.4 Å². The van der Waals surface area contributed by atoms with Crippen molar-refractivity contribution in [2.45, 2.75) is 31.8 Å². The largest absolute Gasteiger partial charge is 0.496 e. The van der Waals surface area contributed by atoms with Crippen molar-refractivity contribution in [3.8, 4) is 5.75 Å². The summed E-state index contributed by atoms with van der Waals surface area (Å²) in [6, 6.07) is 7.52. The summed E-state index contributed by atoms with van der Waals surface area (Å²) >= 11 is 0. The fraction of sp³-hybridized carbons (Fsp3) is 0.600. The van der Waals surface area contributed by atoms with E-state index in [1.54, 1.807) is 7.11 Å². The van der Waals surface area contributed by atoms with Gasteiger partial charge in [-0.3, -0.25) is 0 Å². The Hall–Kier alpha value is -1.06. The second-order valence-corrected chi connectivity index (χ2v) is 4.92. The molecule has 1 fully saturated rings. The zero-order chi connectivity index (χ0) is 12.8. The van der Waals surface area contributed by atoms with Crippen LogP contribution >= 0.6 is 0 Å². The highest BCUT2D eigenvalue weighted by molar-refractivity contribution is 5.34. The number of benzene rings is 1. The standard InChI is InChI=1S/C15H22O3/c1-17-15-8-3-2-7-13(15)14(16)11-18-10-9-12-5-4-6-12/h2-3,7-8,12,14,16H,4-6,9-11H2,1H3. The Bertz CT molecular complexity index is 361. The number of aliphatic hydroxyl groups excluding tert-OH is 1. The molecule has 0 amide bonds. The zero-order valence-electron chi connectivity index (χ0n) is 11.0. The first-order chi connectivity index (χ1) is 8.81. The minimum Gasteiger partial charge on any atom is -0.496 e. The van der Waals surface area contributed by atoms with E-state index in [9.17, 15) is 5.11 Å². The summed E-state index contributed by atoms with van der Waals surface area (Å²) < 4.78 is 10.8. The van der Waals surface area contributed by atoms with E-state index in [-0.39, 0.29) is 0 Å². The molecule has 1 saturated carbocycles. The van der Waals surface area contributed by atoms with Gasteiger partial charge in [-0.25, -0.2) is 0 Å². The minimum atomic E-state index is -0.609. The third kappa shape index (κ3) is 3.47. The summed E-state index contributed by atoms with van der Waals surface area (Å²) in [7, 11) is 1.61. The molecule has 0 aliphatic heterocycles. The molecule has 0 spiro atoms. The van der Waals surface area contributed by atoms with Crippen molar-refractivity contribution in [3.63, 3.8) is 0 Å². The number of ether oxygens (including phenoxy) is 2. The van der Waals surface area contributed by atoms with Gasteiger partial charge in [0.1, 0.15) is 11.9 Å². The van der Waals surface area contributed by atoms with Gasteiger partial charge in [0.2, 0.25) is 0 Å². The predicted molar refractivity (Wildman–Crippen MR) is 70.7 cm³/mol. The molecule has 1 aromatic carbocycles. The normalized spacial score (nSPS) is 17.2. The number of hydrogen-bond donors (Lipinski definition) is 1. The van der Waals surface area contributed by atoms with Crippen LogP contribution in [0.1, 0.15) is 37.4 Å². The summed E-state index contributed by atoms with van der Waals surface area (Å²) in [4.78, 5) is 0. The fourth-order valence-electron chi connectivity index (χ4n) is 2.26. The van der Waals surface area contributed by atoms with Crippen LogP contribution in [0.25, 0.3) is 0 Å². The van der Waals surface area contributed by atoms with Crippen molar-refractivity contribution in [1.82, 2.24) is 0 Å². The van der Waals surface area contributed by atoms with Crippen LogP contribution in [0.5, 0.6) is 5.75 Å². The Morgan fingerprint density at radius 3 is 2.78 bits per heavy atom. The second-order valence-electron chi connectivity index (χ2n) is 4.92. The fourth-order valence-corrected chi connectivity index (χ4v) is 2.26. The Morgan fingerprint density at radius 2 is 2.11 bits per heavy atom. The maximum absolute atomic E-state index is 10.1. The SMILES string of the molecule is COc1ccccc1C(O)COCCC1CCC1. The smallest absolute Gasteiger partial charge is 0.124 e. The monoisotopic (exact) mass is 250 g/mol. The molecule has 0 aromatic heterocycles. The molecule has 3 nitrogen and oxygen atoms in total. The average Bonchev–Trinajstić information content (AvgIpc) is 2.36. The van der Waals surface area contributed by atoms with Gasteiger partial charge in [0.05, 0.1) is 13.7 Å². The Kier molecular flexibility index (Phi) is 5.02. The van der Waals surface area contributed by atoms with E-state index >= 15 is 0 Å². The topological polar surface area (TPSA) is 38.7 Å². The number of hydrogen-bond acceptors (Lipinski definition) is 3. The van der Waals surface area contributed by atoms with Gasteiger partial charge in [-0.2, -0.15) is 0 Å². The molecule has 3 heteroatoms. The molecule has 0 heterocycles. The first kappa shape index (κ1) is 13.4. The second kappa shape index (κ2) is 6.76. The van der Waals surface area contributed by atoms with E-state index in [0.717, 1.165) is 24.5 Å². The minimum absolute atomic E-state index is 0.340. The van der Waals surface area contributed by atoms with E-state index in [1.807, 2.05) is 24.3 Å². The van der Waals surface area contributed by atoms with Crippen molar-refractivity contribution in [1.29, 1.82) is 0 Å². The number of methoxy groups -OCH3 is 1. The lowest BCUT2D eigenvalue weighted by Gasteiger charge is -2.25. The van der Waals surface area contributed by atoms with Crippen LogP contribution in [0.3, 0.4) is 0 Å². The van der Waals surface area contributed by atoms with Gasteiger partial charge < -0.3 is 14.6 Å². The summed E-state index contributed by atoms with van der Waals surface area (Å²) in [5.41, 5.74) is 0.795. The quantitative estimate of drug-likeness (QED) is 0.756. The molecule has 1 atom stereocenters. The molecule has 18 heavy (non-hydrogen) atoms. The highest BCUT2D eigenvalue weighted by atomic mass is 16.5. The van der Waals surface area contributed by atoms with Gasteiger partial charge in [0.25, 0.3) is 0 Å². The molecule has 0 bridgehead atoms. The van der Waals surface area contributed by atoms with Crippen molar-refractivity contribution in [2.24, 2.45) is 5.92 Å². The first-order valence-electron chi connectivity index (χ1n) is 6.70. The molecule has 100 valence electrons. The lowest BCUT2D eigenvalue weighted by molar-refractivity contribution is 0.0256. The highest BCUT2D eigenvalue weighted by Crippen LogP contribution is 2.29. The van der Waals surface area contributed by atoms with E-state index in [2.05, 4.69) is 0 Å². The van der Waals surface area contributed by atoms with E-state index in [4.69, 9.17) is 9.47 Å². The van der Waals surface area contributed by atoms with Crippen LogP contribution in [0.15, 0.2) is 24.3 Å². The van der Waals surface area contributed by atoms with Crippen molar-refractivity contribution in [3.05, 3.63) is 29.8 Å². The Labute approximate surface area is 109 Å². The molecular formula is C15H22O3. The average molecular weight is 250 g/mol. The van der Waals surface area contributed by atoms with E-state index in [1.165, 1.54) is 19.3 Å². The molecule has 0 saturated heterocycles. The summed E-state index contributed by atoms with van der Waals surface area (Å²) in [5.74, 6) is 1.57. The van der Waals surface area contributed by atoms with Gasteiger partial charge in [-0.1, -0.05) is 37.5 Å². The third-order valence-electron chi connectivity index (χ3n) is 3.67. The molecule has 0 radical (unpaired) electrons. The zero-order valence-corrected chi connectivity index (χ0v) is 11.0. The lowest BCUT2D eigenvalue weighted by Crippen LogP contribution is -2.15. The van der Waals surface area contributed by atoms with Gasteiger partial charge >= 0.3 is 0 Å². The van der Waals surface area contributed by atoms with Crippen LogP contribution < -0.4 is 4.74 Å². The van der Waals surface area contributed by atoms with E-state index < -0.39 is 6.10 Å². The van der Waals surface area contributed by atoms with Gasteiger partial charge in [-0.15, -0.1) is 0 Å². The van der Waals surface area contributed by atoms with Crippen molar-refractivity contribution in [2.75, 3.05) is 20.3 Å². The van der Waals surface area contributed by atoms with Crippen molar-refractivity contribution < 1.29 is 14.6 Å². The first-order valence-corrected chi connectivity index (χ1v) is 6.70. The molecule has 2 rings (SSSR count). The molecule has 1 aliphatic rings. The molecule has 1 unspecified atom stereocenters. The summed E-state index contributed by atoms with van der Waals surface area (Å²) in [5, 5.41) is 10.1. The van der Waals surface area contributed by atoms with Crippen LogP contribution in [-0.4, -0.2) is 25.4 Å². The Morgan fingerprint density at radius 1 is 1.33 bits per heavy atom. The highest BCUT2D eigenvalue weighted by Gasteiger charge is 2.17. The number of aliphatic hydroxyl groups is 1. The molecule has 1 aliphatic carbocycles. The third-order valence-corrected chi connectivity index (χ3v) is 3.67. The van der Waals surface area contributed by atoms with Gasteiger partial charge in [0, 0.05) is 12.2 Å². The maximum Gasteiger partial charge on any atom is 0.124 e. The maximum atomic E-state index is 10.1. The molecule has 1 N–H and O–H groups in total. The summed E-state index contributed by atoms with van der Waals surface area (Å²) in [6.45, 7) is 1.09. The van der Waals surface area contributed by atoms with Crippen LogP contribution in [-0.2, 0) is 4.74 Å². The molecule has 1 aromatic rings. The molecular weight excluding hydrogens is 228 g/mol. The summed E-state index contributed by atoms with van der Waals surface area (Å²) in [6.07, 6.45) is 4.58. The van der Waals surface area contributed by atoms with Gasteiger partial charge in [0.15, 0.2) is 0 Å². The van der Waals surface area contributed by atoms with Crippen LogP contribution in [0.2, 0.25) is 0 Å². The number of para-hydroxylation sites is 1. The predicted octanol–water partition coefficient (Wildman–Crippen LogP) is 2.94.